The first-order valence-corrected chi connectivity index (χ1v) is 6.58. The van der Waals surface area contributed by atoms with Gasteiger partial charge in [-0.05, 0) is 26.0 Å². The molecule has 0 saturated heterocycles. The molecule has 1 aliphatic heterocycles. The number of carbonyl (C=O) groups excluding carboxylic acids is 2. The zero-order valence-electron chi connectivity index (χ0n) is 11.2. The highest BCUT2D eigenvalue weighted by molar-refractivity contribution is 6.32. The van der Waals surface area contributed by atoms with E-state index in [1.54, 1.807) is 6.92 Å². The van der Waals surface area contributed by atoms with Crippen molar-refractivity contribution in [2.45, 2.75) is 19.9 Å². The van der Waals surface area contributed by atoms with Gasteiger partial charge in [0.1, 0.15) is 6.04 Å². The van der Waals surface area contributed by atoms with Crippen LogP contribution in [-0.2, 0) is 4.79 Å². The highest BCUT2D eigenvalue weighted by Gasteiger charge is 2.22. The number of rotatable bonds is 4. The molecule has 0 radical (unpaired) electrons. The van der Waals surface area contributed by atoms with Gasteiger partial charge in [-0.25, -0.2) is 0 Å². The van der Waals surface area contributed by atoms with Crippen LogP contribution < -0.4 is 20.1 Å². The Labute approximate surface area is 121 Å². The summed E-state index contributed by atoms with van der Waals surface area (Å²) in [5.74, 6) is 0.213. The highest BCUT2D eigenvalue weighted by atomic mass is 35.5. The van der Waals surface area contributed by atoms with Crippen molar-refractivity contribution in [2.24, 2.45) is 0 Å². The van der Waals surface area contributed by atoms with Crippen LogP contribution in [0.15, 0.2) is 12.1 Å². The van der Waals surface area contributed by atoms with Crippen LogP contribution >= 0.6 is 11.6 Å². The predicted octanol–water partition coefficient (Wildman–Crippen LogP) is 1.32. The van der Waals surface area contributed by atoms with Gasteiger partial charge in [-0.1, -0.05) is 11.6 Å². The Morgan fingerprint density at radius 2 is 2.15 bits per heavy atom. The molecule has 0 saturated carbocycles. The van der Waals surface area contributed by atoms with Crippen molar-refractivity contribution >= 4 is 23.4 Å². The molecule has 0 aliphatic carbocycles. The van der Waals surface area contributed by atoms with Crippen LogP contribution in [0.5, 0.6) is 11.5 Å². The standard InChI is InChI=1S/C13H15ClN2O4/c1-3-15-12(17)7(2)16-13(18)8-4-9(14)11-10(5-8)19-6-20-11/h4-5,7H,3,6H2,1-2H3,(H,15,17)(H,16,18)/t7-/m0/s1. The number of fused-ring (bicyclic) bond motifs is 1. The zero-order chi connectivity index (χ0) is 14.7. The first kappa shape index (κ1) is 14.5. The maximum atomic E-state index is 12.1. The summed E-state index contributed by atoms with van der Waals surface area (Å²) in [5.41, 5.74) is 0.315. The van der Waals surface area contributed by atoms with Crippen LogP contribution in [0.25, 0.3) is 0 Å². The van der Waals surface area contributed by atoms with E-state index in [0.29, 0.717) is 28.6 Å². The minimum absolute atomic E-state index is 0.0788. The minimum Gasteiger partial charge on any atom is -0.454 e. The molecule has 1 heterocycles. The molecule has 0 fully saturated rings. The summed E-state index contributed by atoms with van der Waals surface area (Å²) in [7, 11) is 0. The van der Waals surface area contributed by atoms with E-state index in [0.717, 1.165) is 0 Å². The van der Waals surface area contributed by atoms with Crippen molar-refractivity contribution in [3.05, 3.63) is 22.7 Å². The second-order valence-corrected chi connectivity index (χ2v) is 4.69. The van der Waals surface area contributed by atoms with Crippen molar-refractivity contribution in [2.75, 3.05) is 13.3 Å². The number of likely N-dealkylation sites (N-methyl/N-ethyl adjacent to an activating group) is 1. The number of carbonyl (C=O) groups is 2. The lowest BCUT2D eigenvalue weighted by atomic mass is 10.1. The molecule has 2 rings (SSSR count). The van der Waals surface area contributed by atoms with Gasteiger partial charge in [0.15, 0.2) is 11.5 Å². The number of benzene rings is 1. The van der Waals surface area contributed by atoms with E-state index in [-0.39, 0.29) is 12.7 Å². The van der Waals surface area contributed by atoms with E-state index in [1.807, 2.05) is 6.92 Å². The number of ether oxygens (including phenoxy) is 2. The molecule has 1 atom stereocenters. The summed E-state index contributed by atoms with van der Waals surface area (Å²) in [6.45, 7) is 4.01. The van der Waals surface area contributed by atoms with Crippen molar-refractivity contribution in [1.82, 2.24) is 10.6 Å². The predicted molar refractivity (Wildman–Crippen MR) is 73.2 cm³/mol. The van der Waals surface area contributed by atoms with E-state index < -0.39 is 11.9 Å². The van der Waals surface area contributed by atoms with Gasteiger partial charge in [-0.2, -0.15) is 0 Å². The van der Waals surface area contributed by atoms with Crippen LogP contribution in [0, 0.1) is 0 Å². The zero-order valence-corrected chi connectivity index (χ0v) is 11.9. The SMILES string of the molecule is CCNC(=O)[C@H](C)NC(=O)c1cc(Cl)c2c(c1)OCO2. The van der Waals surface area contributed by atoms with Crippen molar-refractivity contribution < 1.29 is 19.1 Å². The largest absolute Gasteiger partial charge is 0.454 e. The minimum atomic E-state index is -0.633. The van der Waals surface area contributed by atoms with Gasteiger partial charge < -0.3 is 20.1 Å². The van der Waals surface area contributed by atoms with E-state index in [9.17, 15) is 9.59 Å². The lowest BCUT2D eigenvalue weighted by molar-refractivity contribution is -0.122. The summed E-state index contributed by atoms with van der Waals surface area (Å²) in [5, 5.41) is 5.53. The molecule has 2 N–H and O–H groups in total. The molecule has 1 aromatic rings. The summed E-state index contributed by atoms with van der Waals surface area (Å²) < 4.78 is 10.4. The average molecular weight is 299 g/mol. The Bertz CT molecular complexity index is 547. The molecule has 0 spiro atoms. The lowest BCUT2D eigenvalue weighted by Crippen LogP contribution is -2.44. The molecule has 1 aromatic carbocycles. The first-order chi connectivity index (χ1) is 9.52. The maximum Gasteiger partial charge on any atom is 0.252 e. The van der Waals surface area contributed by atoms with E-state index in [4.69, 9.17) is 21.1 Å². The lowest BCUT2D eigenvalue weighted by Gasteiger charge is -2.13. The third-order valence-corrected chi connectivity index (χ3v) is 3.06. The molecule has 108 valence electrons. The Morgan fingerprint density at radius 3 is 2.85 bits per heavy atom. The molecule has 0 unspecified atom stereocenters. The second kappa shape index (κ2) is 6.00. The fourth-order valence-electron chi connectivity index (χ4n) is 1.77. The Morgan fingerprint density at radius 1 is 1.40 bits per heavy atom. The molecule has 7 heteroatoms. The third-order valence-electron chi connectivity index (χ3n) is 2.78. The fourth-order valence-corrected chi connectivity index (χ4v) is 2.04. The molecular weight excluding hydrogens is 284 g/mol. The number of amides is 2. The Hall–Kier alpha value is -1.95. The molecule has 6 nitrogen and oxygen atoms in total. The van der Waals surface area contributed by atoms with Gasteiger partial charge in [0, 0.05) is 12.1 Å². The van der Waals surface area contributed by atoms with Gasteiger partial charge >= 0.3 is 0 Å². The highest BCUT2D eigenvalue weighted by Crippen LogP contribution is 2.39. The van der Waals surface area contributed by atoms with Gasteiger partial charge in [-0.3, -0.25) is 9.59 Å². The van der Waals surface area contributed by atoms with Crippen molar-refractivity contribution in [3.63, 3.8) is 0 Å². The van der Waals surface area contributed by atoms with Crippen LogP contribution in [0.2, 0.25) is 5.02 Å². The van der Waals surface area contributed by atoms with Crippen molar-refractivity contribution in [1.29, 1.82) is 0 Å². The number of hydrogen-bond donors (Lipinski definition) is 2. The number of halogens is 1. The monoisotopic (exact) mass is 298 g/mol. The van der Waals surface area contributed by atoms with E-state index >= 15 is 0 Å². The van der Waals surface area contributed by atoms with Gasteiger partial charge in [0.05, 0.1) is 5.02 Å². The van der Waals surface area contributed by atoms with E-state index in [2.05, 4.69) is 10.6 Å². The number of hydrogen-bond acceptors (Lipinski definition) is 4. The van der Waals surface area contributed by atoms with E-state index in [1.165, 1.54) is 12.1 Å². The maximum absolute atomic E-state index is 12.1. The summed E-state index contributed by atoms with van der Waals surface area (Å²) >= 11 is 6.00. The van der Waals surface area contributed by atoms with Crippen LogP contribution in [0.3, 0.4) is 0 Å². The normalized spacial score (nSPS) is 13.8. The molecule has 1 aliphatic rings. The molecule has 0 bridgehead atoms. The topological polar surface area (TPSA) is 76.7 Å². The van der Waals surface area contributed by atoms with Crippen LogP contribution in [0.4, 0.5) is 0 Å². The first-order valence-electron chi connectivity index (χ1n) is 6.20. The Balaban J connectivity index is 2.10. The molecule has 2 amide bonds. The Kier molecular flexibility index (Phi) is 4.34. The van der Waals surface area contributed by atoms with Crippen molar-refractivity contribution in [3.8, 4) is 11.5 Å². The third kappa shape index (κ3) is 2.96. The smallest absolute Gasteiger partial charge is 0.252 e. The van der Waals surface area contributed by atoms with Gasteiger partial charge in [0.2, 0.25) is 12.7 Å². The summed E-state index contributed by atoms with van der Waals surface area (Å²) in [6.07, 6.45) is 0. The quantitative estimate of drug-likeness (QED) is 0.879. The van der Waals surface area contributed by atoms with Gasteiger partial charge in [0.25, 0.3) is 5.91 Å². The van der Waals surface area contributed by atoms with Gasteiger partial charge in [-0.15, -0.1) is 0 Å². The molecule has 0 aromatic heterocycles. The summed E-state index contributed by atoms with van der Waals surface area (Å²) in [6, 6.07) is 2.38. The number of nitrogens with one attached hydrogen (secondary N) is 2. The second-order valence-electron chi connectivity index (χ2n) is 4.28. The fraction of sp³-hybridized carbons (Fsp3) is 0.385. The summed E-state index contributed by atoms with van der Waals surface area (Å²) in [4.78, 5) is 23.6. The van der Waals surface area contributed by atoms with Crippen LogP contribution in [-0.4, -0.2) is 31.2 Å². The molecule has 20 heavy (non-hydrogen) atoms. The average Bonchev–Trinajstić information content (AvgIpc) is 2.87. The van der Waals surface area contributed by atoms with Crippen LogP contribution in [0.1, 0.15) is 24.2 Å². The molecular formula is C13H15ClN2O4.